The Morgan fingerprint density at radius 1 is 1.07 bits per heavy atom. The summed E-state index contributed by atoms with van der Waals surface area (Å²) in [6.45, 7) is 4.09. The van der Waals surface area contributed by atoms with Crippen LogP contribution in [0.5, 0.6) is 0 Å². The number of anilines is 4. The fourth-order valence-electron chi connectivity index (χ4n) is 6.11. The number of carbonyl (C=O) groups is 1. The highest BCUT2D eigenvalue weighted by molar-refractivity contribution is 6.06. The zero-order valence-corrected chi connectivity index (χ0v) is 22.0. The van der Waals surface area contributed by atoms with Gasteiger partial charge in [-0.1, -0.05) is 62.4 Å². The van der Waals surface area contributed by atoms with Crippen LogP contribution in [0.15, 0.2) is 78.0 Å². The van der Waals surface area contributed by atoms with Gasteiger partial charge in [0.05, 0.1) is 16.3 Å². The molecule has 4 aromatic rings. The number of nitrogens with zero attached hydrogens (tertiary/aromatic N) is 4. The van der Waals surface area contributed by atoms with E-state index in [1.54, 1.807) is 12.1 Å². The molecule has 2 heterocycles. The van der Waals surface area contributed by atoms with E-state index in [0.717, 1.165) is 22.2 Å². The number of ketones is 1. The molecule has 0 spiro atoms. The van der Waals surface area contributed by atoms with Crippen molar-refractivity contribution < 1.29 is 9.72 Å². The van der Waals surface area contributed by atoms with Gasteiger partial charge in [-0.2, -0.15) is 5.26 Å². The molecule has 4 N–H and O–H groups in total. The summed E-state index contributed by atoms with van der Waals surface area (Å²) in [6.07, 6.45) is 0.840. The number of nitrogen functional groups attached to an aromatic ring is 2. The third-order valence-corrected chi connectivity index (χ3v) is 7.77. The average Bonchev–Trinajstić information content (AvgIpc) is 2.91. The Labute approximate surface area is 230 Å². The molecule has 0 amide bonds. The Morgan fingerprint density at radius 3 is 2.55 bits per heavy atom. The maximum Gasteiger partial charge on any atom is 0.269 e. The number of nitro benzene ring substituents is 1. The van der Waals surface area contributed by atoms with Gasteiger partial charge in [0.1, 0.15) is 23.3 Å². The van der Waals surface area contributed by atoms with Gasteiger partial charge in [-0.05, 0) is 28.9 Å². The number of hydrogen-bond acceptors (Lipinski definition) is 8. The van der Waals surface area contributed by atoms with Gasteiger partial charge < -0.3 is 11.5 Å². The van der Waals surface area contributed by atoms with Gasteiger partial charge >= 0.3 is 0 Å². The smallest absolute Gasteiger partial charge is 0.269 e. The van der Waals surface area contributed by atoms with Crippen molar-refractivity contribution in [3.63, 3.8) is 0 Å². The molecular formula is C31H26N6O3. The maximum absolute atomic E-state index is 14.1. The standard InChI is InChI=1S/C31H26N6O3/c1-31(2)14-23-26(24(38)15-31)25(18-9-5-10-19(13-18)37(39)40)27-28(33)21(16-32)29(34)35-30(27)36(23)22-12-6-8-17-7-3-4-11-20(17)22/h3-13,25H,14-15H2,1-2H3,(H4,33,34,35). The minimum atomic E-state index is -0.764. The summed E-state index contributed by atoms with van der Waals surface area (Å²) in [6, 6.07) is 22.1. The van der Waals surface area contributed by atoms with Crippen molar-refractivity contribution in [2.45, 2.75) is 32.6 Å². The zero-order valence-electron chi connectivity index (χ0n) is 22.0. The monoisotopic (exact) mass is 530 g/mol. The van der Waals surface area contributed by atoms with Crippen molar-refractivity contribution in [2.75, 3.05) is 16.4 Å². The second-order valence-electron chi connectivity index (χ2n) is 11.1. The number of Topliss-reactive ketones (excluding diaryl/α,β-unsaturated/α-hetero) is 1. The molecule has 1 unspecified atom stereocenters. The molecule has 0 bridgehead atoms. The Kier molecular flexibility index (Phi) is 5.59. The van der Waals surface area contributed by atoms with Crippen LogP contribution in [0.4, 0.5) is 28.7 Å². The summed E-state index contributed by atoms with van der Waals surface area (Å²) in [5, 5.41) is 23.6. The highest BCUT2D eigenvalue weighted by atomic mass is 16.6. The van der Waals surface area contributed by atoms with Gasteiger partial charge in [-0.25, -0.2) is 4.98 Å². The average molecular weight is 531 g/mol. The summed E-state index contributed by atoms with van der Waals surface area (Å²) >= 11 is 0. The van der Waals surface area contributed by atoms with Crippen LogP contribution in [0, 0.1) is 26.9 Å². The first-order valence-electron chi connectivity index (χ1n) is 12.9. The van der Waals surface area contributed by atoms with E-state index in [4.69, 9.17) is 16.5 Å². The molecular weight excluding hydrogens is 504 g/mol. The Hall–Kier alpha value is -5.23. The SMILES string of the molecule is CC1(C)CC(=O)C2=C(C1)N(c1cccc3ccccc13)c1nc(N)c(C#N)c(N)c1C2c1cccc([N+](=O)[O-])c1. The van der Waals surface area contributed by atoms with Crippen LogP contribution in [0.3, 0.4) is 0 Å². The van der Waals surface area contributed by atoms with Crippen LogP contribution >= 0.6 is 0 Å². The first kappa shape index (κ1) is 25.1. The van der Waals surface area contributed by atoms with Crippen LogP contribution in [-0.2, 0) is 4.79 Å². The van der Waals surface area contributed by atoms with E-state index in [1.807, 2.05) is 61.2 Å². The molecule has 1 atom stereocenters. The third-order valence-electron chi connectivity index (χ3n) is 7.77. The molecule has 1 aliphatic carbocycles. The first-order chi connectivity index (χ1) is 19.1. The lowest BCUT2D eigenvalue weighted by Crippen LogP contribution is -2.39. The number of carbonyl (C=O) groups excluding carboxylic acids is 1. The van der Waals surface area contributed by atoms with E-state index in [0.29, 0.717) is 35.4 Å². The van der Waals surface area contributed by atoms with Crippen LogP contribution in [0.25, 0.3) is 10.8 Å². The molecule has 6 rings (SSSR count). The molecule has 9 heteroatoms. The second kappa shape index (κ2) is 8.92. The lowest BCUT2D eigenvalue weighted by Gasteiger charge is -2.45. The van der Waals surface area contributed by atoms with Crippen molar-refractivity contribution in [3.8, 4) is 6.07 Å². The minimum absolute atomic E-state index is 0.0136. The van der Waals surface area contributed by atoms with Crippen molar-refractivity contribution in [3.05, 3.63) is 105 Å². The van der Waals surface area contributed by atoms with Crippen molar-refractivity contribution >= 4 is 45.3 Å². The minimum Gasteiger partial charge on any atom is -0.397 e. The number of non-ortho nitro benzene ring substituents is 1. The number of nitro groups is 1. The fraction of sp³-hybridized carbons (Fsp3) is 0.194. The number of hydrogen-bond donors (Lipinski definition) is 2. The van der Waals surface area contributed by atoms with E-state index >= 15 is 0 Å². The third kappa shape index (κ3) is 3.76. The van der Waals surface area contributed by atoms with Crippen molar-refractivity contribution in [1.29, 1.82) is 5.26 Å². The normalized spacial score (nSPS) is 17.8. The Balaban J connectivity index is 1.77. The van der Waals surface area contributed by atoms with Crippen LogP contribution in [-0.4, -0.2) is 15.7 Å². The summed E-state index contributed by atoms with van der Waals surface area (Å²) in [5.41, 5.74) is 15.6. The first-order valence-corrected chi connectivity index (χ1v) is 12.9. The number of aromatic nitrogens is 1. The van der Waals surface area contributed by atoms with E-state index in [9.17, 15) is 20.2 Å². The number of allylic oxidation sites excluding steroid dienone is 2. The van der Waals surface area contributed by atoms with Gasteiger partial charge in [0.15, 0.2) is 5.78 Å². The van der Waals surface area contributed by atoms with Gasteiger partial charge in [0.2, 0.25) is 0 Å². The quantitative estimate of drug-likeness (QED) is 0.238. The molecule has 0 saturated heterocycles. The van der Waals surface area contributed by atoms with Crippen molar-refractivity contribution in [2.24, 2.45) is 5.41 Å². The molecule has 40 heavy (non-hydrogen) atoms. The number of pyridine rings is 1. The van der Waals surface area contributed by atoms with E-state index in [-0.39, 0.29) is 34.0 Å². The Morgan fingerprint density at radius 2 is 1.80 bits per heavy atom. The van der Waals surface area contributed by atoms with Gasteiger partial charge in [-0.3, -0.25) is 19.8 Å². The van der Waals surface area contributed by atoms with Gasteiger partial charge in [0, 0.05) is 46.7 Å². The summed E-state index contributed by atoms with van der Waals surface area (Å²) in [4.78, 5) is 32.0. The fourth-order valence-corrected chi connectivity index (χ4v) is 6.11. The highest BCUT2D eigenvalue weighted by Crippen LogP contribution is 2.56. The predicted molar refractivity (Wildman–Crippen MR) is 154 cm³/mol. The molecule has 198 valence electrons. The number of rotatable bonds is 3. The molecule has 9 nitrogen and oxygen atoms in total. The molecule has 1 aliphatic heterocycles. The molecule has 2 aliphatic rings. The lowest BCUT2D eigenvalue weighted by atomic mass is 9.68. The summed E-state index contributed by atoms with van der Waals surface area (Å²) in [5.74, 6) is -0.452. The summed E-state index contributed by atoms with van der Waals surface area (Å²) in [7, 11) is 0. The number of nitrogens with two attached hydrogens (primary N) is 2. The molecule has 0 saturated carbocycles. The van der Waals surface area contributed by atoms with Gasteiger partial charge in [-0.15, -0.1) is 0 Å². The predicted octanol–water partition coefficient (Wildman–Crippen LogP) is 6.11. The van der Waals surface area contributed by atoms with E-state index < -0.39 is 10.8 Å². The summed E-state index contributed by atoms with van der Waals surface area (Å²) < 4.78 is 0. The number of fused-ring (bicyclic) bond motifs is 2. The maximum atomic E-state index is 14.1. The van der Waals surface area contributed by atoms with Gasteiger partial charge in [0.25, 0.3) is 5.69 Å². The van der Waals surface area contributed by atoms with Crippen LogP contribution in [0.1, 0.15) is 49.3 Å². The number of nitriles is 1. The Bertz CT molecular complexity index is 1830. The largest absolute Gasteiger partial charge is 0.397 e. The zero-order chi connectivity index (χ0) is 28.3. The molecule has 3 aromatic carbocycles. The molecule has 0 fully saturated rings. The molecule has 1 aromatic heterocycles. The molecule has 0 radical (unpaired) electrons. The van der Waals surface area contributed by atoms with Crippen LogP contribution in [0.2, 0.25) is 0 Å². The van der Waals surface area contributed by atoms with E-state index in [2.05, 4.69) is 6.07 Å². The van der Waals surface area contributed by atoms with Crippen molar-refractivity contribution in [1.82, 2.24) is 4.98 Å². The number of benzene rings is 3. The second-order valence-corrected chi connectivity index (χ2v) is 11.1. The van der Waals surface area contributed by atoms with E-state index in [1.165, 1.54) is 12.1 Å². The highest BCUT2D eigenvalue weighted by Gasteiger charge is 2.46. The lowest BCUT2D eigenvalue weighted by molar-refractivity contribution is -0.384. The topological polar surface area (TPSA) is 152 Å². The van der Waals surface area contributed by atoms with Crippen LogP contribution < -0.4 is 16.4 Å².